The van der Waals surface area contributed by atoms with Crippen molar-refractivity contribution in [2.75, 3.05) is 18.0 Å². The zero-order valence-electron chi connectivity index (χ0n) is 14.7. The second-order valence-corrected chi connectivity index (χ2v) is 6.79. The first kappa shape index (κ1) is 16.6. The van der Waals surface area contributed by atoms with Crippen LogP contribution in [0.1, 0.15) is 19.3 Å². The van der Waals surface area contributed by atoms with Crippen molar-refractivity contribution >= 4 is 30.0 Å². The van der Waals surface area contributed by atoms with Gasteiger partial charge in [0.05, 0.1) is 5.39 Å². The van der Waals surface area contributed by atoms with Crippen LogP contribution in [0.5, 0.6) is 11.5 Å². The Bertz CT molecular complexity index is 1020. The molecule has 1 aromatic heterocycles. The van der Waals surface area contributed by atoms with E-state index in [0.29, 0.717) is 11.2 Å². The topological polar surface area (TPSA) is 73.9 Å². The predicted molar refractivity (Wildman–Crippen MR) is 105 cm³/mol. The fourth-order valence-corrected chi connectivity index (χ4v) is 3.58. The molecule has 0 atom stereocenters. The number of fused-ring (bicyclic) bond motifs is 1. The highest BCUT2D eigenvalue weighted by Gasteiger charge is 2.17. The average Bonchev–Trinajstić information content (AvgIpc) is 2.68. The summed E-state index contributed by atoms with van der Waals surface area (Å²) >= 11 is 0. The molecule has 0 amide bonds. The van der Waals surface area contributed by atoms with Crippen molar-refractivity contribution in [3.63, 3.8) is 0 Å². The lowest BCUT2D eigenvalue weighted by atomic mass is 9.90. The highest BCUT2D eigenvalue weighted by molar-refractivity contribution is 6.36. The first-order valence-electron chi connectivity index (χ1n) is 8.90. The Morgan fingerprint density at radius 2 is 1.65 bits per heavy atom. The lowest BCUT2D eigenvalue weighted by Crippen LogP contribution is -2.29. The second kappa shape index (κ2) is 6.44. The average molecular weight is 349 g/mol. The molecule has 2 aromatic carbocycles. The summed E-state index contributed by atoms with van der Waals surface area (Å²) < 4.78 is 5.83. The Labute approximate surface area is 151 Å². The fourth-order valence-electron chi connectivity index (χ4n) is 3.58. The zero-order valence-corrected chi connectivity index (χ0v) is 14.7. The van der Waals surface area contributed by atoms with Crippen LogP contribution in [0.25, 0.3) is 22.3 Å². The summed E-state index contributed by atoms with van der Waals surface area (Å²) in [4.78, 5) is 15.0. The van der Waals surface area contributed by atoms with Crippen molar-refractivity contribution in [2.45, 2.75) is 19.3 Å². The van der Waals surface area contributed by atoms with E-state index in [1.807, 2.05) is 24.3 Å². The SMILES string of the molecule is Bc1c(-c2ccc(N3CCCCC3)cc2)oc2c(O)c(O)ccc2c1=O. The highest BCUT2D eigenvalue weighted by Crippen LogP contribution is 2.34. The number of nitrogens with zero attached hydrogens (tertiary/aromatic N) is 1. The number of phenolic OH excluding ortho intramolecular Hbond substituents is 2. The van der Waals surface area contributed by atoms with Gasteiger partial charge in [-0.15, -0.1) is 0 Å². The van der Waals surface area contributed by atoms with E-state index in [1.54, 1.807) is 7.85 Å². The van der Waals surface area contributed by atoms with Gasteiger partial charge >= 0.3 is 0 Å². The number of benzene rings is 2. The largest absolute Gasteiger partial charge is 0.504 e. The standard InChI is InChI=1S/C20H20BNO4/c21-16-17(24)14-8-9-15(23)18(25)20(14)26-19(16)12-4-6-13(7-5-12)22-10-2-1-3-11-22/h4-9,23,25H,1-3,10-11,21H2. The summed E-state index contributed by atoms with van der Waals surface area (Å²) in [6.45, 7) is 2.13. The van der Waals surface area contributed by atoms with E-state index >= 15 is 0 Å². The maximum atomic E-state index is 12.6. The molecule has 1 aliphatic rings. The van der Waals surface area contributed by atoms with Crippen LogP contribution in [0, 0.1) is 0 Å². The monoisotopic (exact) mass is 349 g/mol. The van der Waals surface area contributed by atoms with Gasteiger partial charge in [-0.3, -0.25) is 4.79 Å². The lowest BCUT2D eigenvalue weighted by molar-refractivity contribution is 0.400. The molecule has 1 aliphatic heterocycles. The number of aromatic hydroxyl groups is 2. The van der Waals surface area contributed by atoms with Gasteiger partial charge in [0.25, 0.3) is 0 Å². The van der Waals surface area contributed by atoms with E-state index in [9.17, 15) is 15.0 Å². The van der Waals surface area contributed by atoms with E-state index in [0.717, 1.165) is 24.3 Å². The summed E-state index contributed by atoms with van der Waals surface area (Å²) in [6, 6.07) is 10.7. The van der Waals surface area contributed by atoms with Crippen molar-refractivity contribution in [2.24, 2.45) is 0 Å². The van der Waals surface area contributed by atoms with Crippen LogP contribution >= 0.6 is 0 Å². The summed E-state index contributed by atoms with van der Waals surface area (Å²) in [7, 11) is 1.71. The van der Waals surface area contributed by atoms with Gasteiger partial charge in [-0.05, 0) is 55.7 Å². The minimum Gasteiger partial charge on any atom is -0.504 e. The van der Waals surface area contributed by atoms with Crippen molar-refractivity contribution in [1.29, 1.82) is 0 Å². The van der Waals surface area contributed by atoms with Crippen LogP contribution < -0.4 is 15.8 Å². The molecule has 1 saturated heterocycles. The van der Waals surface area contributed by atoms with Crippen LogP contribution in [-0.4, -0.2) is 31.1 Å². The molecule has 1 fully saturated rings. The lowest BCUT2D eigenvalue weighted by Gasteiger charge is -2.28. The van der Waals surface area contributed by atoms with Gasteiger partial charge in [0, 0.05) is 29.8 Å². The Morgan fingerprint density at radius 1 is 0.962 bits per heavy atom. The second-order valence-electron chi connectivity index (χ2n) is 6.79. The molecule has 2 heterocycles. The number of hydrogen-bond donors (Lipinski definition) is 2. The Balaban J connectivity index is 1.80. The van der Waals surface area contributed by atoms with Gasteiger partial charge in [0.2, 0.25) is 5.75 Å². The molecule has 0 radical (unpaired) electrons. The quantitative estimate of drug-likeness (QED) is 0.548. The van der Waals surface area contributed by atoms with Crippen molar-refractivity contribution in [1.82, 2.24) is 0 Å². The molecule has 4 rings (SSSR count). The molecule has 26 heavy (non-hydrogen) atoms. The first-order chi connectivity index (χ1) is 12.6. The van der Waals surface area contributed by atoms with Crippen LogP contribution in [0.3, 0.4) is 0 Å². The van der Waals surface area contributed by atoms with Crippen LogP contribution in [0.4, 0.5) is 5.69 Å². The number of piperidine rings is 1. The third-order valence-corrected chi connectivity index (χ3v) is 5.09. The normalized spacial score (nSPS) is 14.7. The van der Waals surface area contributed by atoms with Crippen LogP contribution in [0.15, 0.2) is 45.6 Å². The van der Waals surface area contributed by atoms with Crippen molar-refractivity contribution in [3.8, 4) is 22.8 Å². The van der Waals surface area contributed by atoms with Gasteiger partial charge in [-0.2, -0.15) is 0 Å². The van der Waals surface area contributed by atoms with Gasteiger partial charge in [-0.1, -0.05) is 0 Å². The molecular weight excluding hydrogens is 329 g/mol. The third-order valence-electron chi connectivity index (χ3n) is 5.09. The number of hydrogen-bond acceptors (Lipinski definition) is 5. The van der Waals surface area contributed by atoms with Crippen LogP contribution in [-0.2, 0) is 0 Å². The first-order valence-corrected chi connectivity index (χ1v) is 8.90. The molecule has 0 unspecified atom stereocenters. The molecule has 132 valence electrons. The van der Waals surface area contributed by atoms with E-state index < -0.39 is 5.75 Å². The molecule has 3 aromatic rings. The summed E-state index contributed by atoms with van der Waals surface area (Å²) in [5, 5.41) is 20.0. The summed E-state index contributed by atoms with van der Waals surface area (Å²) in [5.74, 6) is -0.310. The number of phenols is 2. The van der Waals surface area contributed by atoms with Crippen molar-refractivity contribution in [3.05, 3.63) is 46.6 Å². The van der Waals surface area contributed by atoms with E-state index in [4.69, 9.17) is 4.42 Å². The predicted octanol–water partition coefficient (Wildman–Crippen LogP) is 2.12. The summed E-state index contributed by atoms with van der Waals surface area (Å²) in [6.07, 6.45) is 3.71. The molecule has 5 nitrogen and oxygen atoms in total. The van der Waals surface area contributed by atoms with E-state index in [2.05, 4.69) is 4.90 Å². The van der Waals surface area contributed by atoms with E-state index in [-0.39, 0.29) is 22.1 Å². The molecule has 0 bridgehead atoms. The third kappa shape index (κ3) is 2.71. The fraction of sp³-hybridized carbons (Fsp3) is 0.250. The Morgan fingerprint density at radius 3 is 2.35 bits per heavy atom. The number of rotatable bonds is 2. The molecule has 6 heteroatoms. The smallest absolute Gasteiger partial charge is 0.201 e. The van der Waals surface area contributed by atoms with Crippen LogP contribution in [0.2, 0.25) is 0 Å². The maximum Gasteiger partial charge on any atom is 0.201 e. The highest BCUT2D eigenvalue weighted by atomic mass is 16.4. The van der Waals surface area contributed by atoms with Gasteiger partial charge in [0.1, 0.15) is 13.6 Å². The minimum atomic E-state index is -0.411. The molecular formula is C20H20BNO4. The molecule has 0 saturated carbocycles. The van der Waals surface area contributed by atoms with Gasteiger partial charge in [-0.25, -0.2) is 0 Å². The molecule has 0 spiro atoms. The zero-order chi connectivity index (χ0) is 18.3. The Hall–Kier alpha value is -2.89. The van der Waals surface area contributed by atoms with E-state index in [1.165, 1.54) is 31.4 Å². The van der Waals surface area contributed by atoms with Crippen molar-refractivity contribution < 1.29 is 14.6 Å². The Kier molecular flexibility index (Phi) is 4.11. The molecule has 2 N–H and O–H groups in total. The minimum absolute atomic E-state index is 0.00991. The number of anilines is 1. The molecule has 0 aliphatic carbocycles. The van der Waals surface area contributed by atoms with Gasteiger partial charge < -0.3 is 19.5 Å². The van der Waals surface area contributed by atoms with Gasteiger partial charge in [0.15, 0.2) is 16.8 Å². The summed E-state index contributed by atoms with van der Waals surface area (Å²) in [5.41, 5.74) is 2.21. The maximum absolute atomic E-state index is 12.6.